The van der Waals surface area contributed by atoms with Gasteiger partial charge in [-0.25, -0.2) is 0 Å². The molecule has 0 amide bonds. The zero-order valence-electron chi connectivity index (χ0n) is 9.59. The first-order valence-electron chi connectivity index (χ1n) is 5.04. The highest BCUT2D eigenvalue weighted by atomic mass is 15.2. The average Bonchev–Trinajstić information content (AvgIpc) is 2.56. The van der Waals surface area contributed by atoms with E-state index in [0.717, 1.165) is 13.1 Å². The monoisotopic (exact) mass is 195 g/mol. The first-order valence-corrected chi connectivity index (χ1v) is 5.04. The second kappa shape index (κ2) is 4.62. The summed E-state index contributed by atoms with van der Waals surface area (Å²) >= 11 is 0. The maximum Gasteiger partial charge on any atom is 0.0278 e. The molecule has 0 aliphatic heterocycles. The molecule has 0 aromatic carbocycles. The van der Waals surface area contributed by atoms with Crippen LogP contribution in [0.15, 0.2) is 18.5 Å². The molecule has 0 fully saturated rings. The highest BCUT2D eigenvalue weighted by molar-refractivity contribution is 5.08. The van der Waals surface area contributed by atoms with Crippen molar-refractivity contribution in [3.63, 3.8) is 0 Å². The Kier molecular flexibility index (Phi) is 3.72. The van der Waals surface area contributed by atoms with E-state index < -0.39 is 0 Å². The molecule has 0 atom stereocenters. The Morgan fingerprint density at radius 1 is 1.50 bits per heavy atom. The third kappa shape index (κ3) is 2.86. The van der Waals surface area contributed by atoms with Gasteiger partial charge in [0, 0.05) is 31.0 Å². The predicted molar refractivity (Wildman–Crippen MR) is 60.3 cm³/mol. The minimum Gasteiger partial charge on any atom is -0.367 e. The van der Waals surface area contributed by atoms with Gasteiger partial charge in [0.2, 0.25) is 0 Å². The van der Waals surface area contributed by atoms with Crippen LogP contribution in [0.4, 0.5) is 0 Å². The normalized spacial score (nSPS) is 12.4. The highest BCUT2D eigenvalue weighted by Crippen LogP contribution is 2.14. The van der Waals surface area contributed by atoms with Gasteiger partial charge in [-0.1, -0.05) is 0 Å². The zero-order valence-corrected chi connectivity index (χ0v) is 9.59. The molecule has 1 aromatic rings. The number of H-pyrrole nitrogens is 1. The van der Waals surface area contributed by atoms with Gasteiger partial charge < -0.3 is 10.3 Å². The number of aromatic nitrogens is 1. The van der Waals surface area contributed by atoms with Gasteiger partial charge >= 0.3 is 0 Å². The van der Waals surface area contributed by atoms with E-state index >= 15 is 0 Å². The van der Waals surface area contributed by atoms with Crippen LogP contribution in [0.25, 0.3) is 0 Å². The van der Waals surface area contributed by atoms with Crippen LogP contribution in [0, 0.1) is 0 Å². The molecule has 0 radical (unpaired) electrons. The van der Waals surface area contributed by atoms with E-state index in [1.54, 1.807) is 0 Å². The minimum atomic E-state index is 0.187. The number of aromatic amines is 1. The van der Waals surface area contributed by atoms with Crippen LogP contribution in [-0.2, 0) is 6.54 Å². The standard InChI is InChI=1S/C11H21N3/c1-11(2,9-12-3)14(4)8-10-5-6-13-7-10/h5-7,12-13H,8-9H2,1-4H3. The maximum atomic E-state index is 3.22. The Bertz CT molecular complexity index is 252. The lowest BCUT2D eigenvalue weighted by Gasteiger charge is -2.35. The average molecular weight is 195 g/mol. The van der Waals surface area contributed by atoms with E-state index in [0.29, 0.717) is 0 Å². The molecule has 2 N–H and O–H groups in total. The second-order valence-corrected chi connectivity index (χ2v) is 4.42. The van der Waals surface area contributed by atoms with E-state index in [9.17, 15) is 0 Å². The summed E-state index contributed by atoms with van der Waals surface area (Å²) in [5, 5.41) is 3.22. The molecule has 1 heterocycles. The Labute approximate surface area is 86.5 Å². The van der Waals surface area contributed by atoms with E-state index in [4.69, 9.17) is 0 Å². The van der Waals surface area contributed by atoms with Crippen molar-refractivity contribution >= 4 is 0 Å². The molecule has 1 rings (SSSR count). The lowest BCUT2D eigenvalue weighted by atomic mass is 10.0. The summed E-state index contributed by atoms with van der Waals surface area (Å²) in [6.45, 7) is 6.47. The van der Waals surface area contributed by atoms with E-state index in [-0.39, 0.29) is 5.54 Å². The van der Waals surface area contributed by atoms with Gasteiger partial charge in [-0.2, -0.15) is 0 Å². The molecule has 3 nitrogen and oxygen atoms in total. The van der Waals surface area contributed by atoms with Crippen LogP contribution in [-0.4, -0.2) is 36.1 Å². The van der Waals surface area contributed by atoms with Crippen molar-refractivity contribution in [3.8, 4) is 0 Å². The van der Waals surface area contributed by atoms with Crippen LogP contribution in [0.1, 0.15) is 19.4 Å². The smallest absolute Gasteiger partial charge is 0.0278 e. The molecule has 0 spiro atoms. The largest absolute Gasteiger partial charge is 0.367 e. The van der Waals surface area contributed by atoms with Crippen LogP contribution < -0.4 is 5.32 Å². The Morgan fingerprint density at radius 2 is 2.21 bits per heavy atom. The Morgan fingerprint density at radius 3 is 2.71 bits per heavy atom. The van der Waals surface area contributed by atoms with Gasteiger partial charge in [-0.15, -0.1) is 0 Å². The summed E-state index contributed by atoms with van der Waals surface area (Å²) in [5.74, 6) is 0. The molecule has 80 valence electrons. The molecular formula is C11H21N3. The SMILES string of the molecule is CNCC(C)(C)N(C)Cc1cc[nH]c1. The third-order valence-electron chi connectivity index (χ3n) is 2.72. The molecule has 0 saturated heterocycles. The van der Waals surface area contributed by atoms with Crippen molar-refractivity contribution in [1.82, 2.24) is 15.2 Å². The molecule has 0 saturated carbocycles. The highest BCUT2D eigenvalue weighted by Gasteiger charge is 2.22. The fourth-order valence-electron chi connectivity index (χ4n) is 1.51. The van der Waals surface area contributed by atoms with Crippen molar-refractivity contribution in [2.75, 3.05) is 20.6 Å². The molecule has 0 unspecified atom stereocenters. The first-order chi connectivity index (χ1) is 6.56. The summed E-state index contributed by atoms with van der Waals surface area (Å²) in [5.41, 5.74) is 1.52. The molecular weight excluding hydrogens is 174 g/mol. The van der Waals surface area contributed by atoms with E-state index in [1.807, 2.05) is 19.4 Å². The van der Waals surface area contributed by atoms with Crippen LogP contribution >= 0.6 is 0 Å². The fraction of sp³-hybridized carbons (Fsp3) is 0.636. The fourth-order valence-corrected chi connectivity index (χ4v) is 1.51. The summed E-state index contributed by atoms with van der Waals surface area (Å²) in [6, 6.07) is 2.12. The minimum absolute atomic E-state index is 0.187. The molecule has 0 aliphatic rings. The van der Waals surface area contributed by atoms with Crippen molar-refractivity contribution < 1.29 is 0 Å². The first kappa shape index (κ1) is 11.3. The van der Waals surface area contributed by atoms with Gasteiger partial charge in [-0.3, -0.25) is 4.90 Å². The number of hydrogen-bond acceptors (Lipinski definition) is 2. The van der Waals surface area contributed by atoms with Gasteiger partial charge in [0.1, 0.15) is 0 Å². The molecule has 0 aliphatic carbocycles. The summed E-state index contributed by atoms with van der Waals surface area (Å²) in [6.07, 6.45) is 4.01. The van der Waals surface area contributed by atoms with Crippen LogP contribution in [0.3, 0.4) is 0 Å². The molecule has 14 heavy (non-hydrogen) atoms. The lowest BCUT2D eigenvalue weighted by molar-refractivity contribution is 0.147. The summed E-state index contributed by atoms with van der Waals surface area (Å²) < 4.78 is 0. The summed E-state index contributed by atoms with van der Waals surface area (Å²) in [4.78, 5) is 5.43. The zero-order chi connectivity index (χ0) is 10.6. The van der Waals surface area contributed by atoms with Gasteiger partial charge in [0.05, 0.1) is 0 Å². The maximum absolute atomic E-state index is 3.22. The Hall–Kier alpha value is -0.800. The quantitative estimate of drug-likeness (QED) is 0.745. The van der Waals surface area contributed by atoms with Gasteiger partial charge in [0.15, 0.2) is 0 Å². The van der Waals surface area contributed by atoms with E-state index in [2.05, 4.69) is 42.2 Å². The lowest BCUT2D eigenvalue weighted by Crippen LogP contribution is -2.47. The Balaban J connectivity index is 2.52. The molecule has 0 bridgehead atoms. The van der Waals surface area contributed by atoms with Crippen molar-refractivity contribution in [2.24, 2.45) is 0 Å². The van der Waals surface area contributed by atoms with Crippen molar-refractivity contribution in [1.29, 1.82) is 0 Å². The number of nitrogens with zero attached hydrogens (tertiary/aromatic N) is 1. The van der Waals surface area contributed by atoms with Crippen LogP contribution in [0.5, 0.6) is 0 Å². The predicted octanol–water partition coefficient (Wildman–Crippen LogP) is 1.44. The number of rotatable bonds is 5. The van der Waals surface area contributed by atoms with E-state index in [1.165, 1.54) is 5.56 Å². The number of likely N-dealkylation sites (N-methyl/N-ethyl adjacent to an activating group) is 2. The van der Waals surface area contributed by atoms with Crippen molar-refractivity contribution in [2.45, 2.75) is 25.9 Å². The third-order valence-corrected chi connectivity index (χ3v) is 2.72. The molecule has 1 aromatic heterocycles. The second-order valence-electron chi connectivity index (χ2n) is 4.42. The number of hydrogen-bond donors (Lipinski definition) is 2. The number of nitrogens with one attached hydrogen (secondary N) is 2. The molecule has 3 heteroatoms. The topological polar surface area (TPSA) is 31.1 Å². The van der Waals surface area contributed by atoms with Gasteiger partial charge in [0.25, 0.3) is 0 Å². The summed E-state index contributed by atoms with van der Waals surface area (Å²) in [7, 11) is 4.15. The van der Waals surface area contributed by atoms with Crippen LogP contribution in [0.2, 0.25) is 0 Å². The van der Waals surface area contributed by atoms with Gasteiger partial charge in [-0.05, 0) is 39.6 Å². The van der Waals surface area contributed by atoms with Crippen molar-refractivity contribution in [3.05, 3.63) is 24.0 Å².